The summed E-state index contributed by atoms with van der Waals surface area (Å²) in [6.45, 7) is 4.02. The molecular formula is C15H20N2O2S. The van der Waals surface area contributed by atoms with E-state index < -0.39 is 0 Å². The zero-order chi connectivity index (χ0) is 14.5. The summed E-state index contributed by atoms with van der Waals surface area (Å²) in [5.74, 6) is 7.41. The molecule has 0 aliphatic carbocycles. The van der Waals surface area contributed by atoms with Crippen LogP contribution in [0.1, 0.15) is 30.3 Å². The first-order chi connectivity index (χ1) is 9.63. The Bertz CT molecular complexity index is 554. The summed E-state index contributed by atoms with van der Waals surface area (Å²) in [5, 5.41) is 1.97. The molecule has 0 saturated carbocycles. The Labute approximate surface area is 123 Å². The van der Waals surface area contributed by atoms with Gasteiger partial charge in [0.2, 0.25) is 0 Å². The van der Waals surface area contributed by atoms with Crippen molar-refractivity contribution in [3.05, 3.63) is 46.2 Å². The van der Waals surface area contributed by atoms with E-state index in [9.17, 15) is 0 Å². The smallest absolute Gasteiger partial charge is 0.129 e. The average Bonchev–Trinajstić information content (AvgIpc) is 2.88. The van der Waals surface area contributed by atoms with E-state index in [0.717, 1.165) is 21.9 Å². The van der Waals surface area contributed by atoms with Crippen molar-refractivity contribution in [1.29, 1.82) is 0 Å². The molecule has 0 aliphatic heterocycles. The molecule has 0 radical (unpaired) electrons. The second kappa shape index (κ2) is 6.74. The third kappa shape index (κ3) is 3.50. The van der Waals surface area contributed by atoms with Crippen molar-refractivity contribution in [3.8, 4) is 11.5 Å². The van der Waals surface area contributed by atoms with Gasteiger partial charge in [0.25, 0.3) is 0 Å². The molecule has 0 fully saturated rings. The van der Waals surface area contributed by atoms with Crippen molar-refractivity contribution in [3.63, 3.8) is 0 Å². The molecule has 0 aliphatic rings. The number of hydrazine groups is 1. The van der Waals surface area contributed by atoms with Crippen molar-refractivity contribution < 1.29 is 9.47 Å². The normalized spacial score (nSPS) is 12.4. The molecule has 20 heavy (non-hydrogen) atoms. The molecule has 4 nitrogen and oxygen atoms in total. The topological polar surface area (TPSA) is 56.5 Å². The summed E-state index contributed by atoms with van der Waals surface area (Å²) in [4.78, 5) is 1.10. The molecule has 108 valence electrons. The van der Waals surface area contributed by atoms with E-state index in [1.54, 1.807) is 18.4 Å². The molecule has 1 aromatic heterocycles. The van der Waals surface area contributed by atoms with Gasteiger partial charge in [-0.2, -0.15) is 0 Å². The number of thiophene rings is 1. The molecule has 5 heteroatoms. The van der Waals surface area contributed by atoms with Gasteiger partial charge in [0.15, 0.2) is 0 Å². The fourth-order valence-corrected chi connectivity index (χ4v) is 2.92. The van der Waals surface area contributed by atoms with Crippen molar-refractivity contribution in [2.45, 2.75) is 26.0 Å². The highest BCUT2D eigenvalue weighted by molar-refractivity contribution is 7.10. The quantitative estimate of drug-likeness (QED) is 0.634. The monoisotopic (exact) mass is 292 g/mol. The summed E-state index contributed by atoms with van der Waals surface area (Å²) in [6.07, 6.45) is 0.149. The van der Waals surface area contributed by atoms with E-state index in [-0.39, 0.29) is 12.1 Å². The van der Waals surface area contributed by atoms with Gasteiger partial charge in [-0.25, -0.2) is 5.43 Å². The number of benzene rings is 1. The lowest BCUT2D eigenvalue weighted by atomic mass is 10.1. The highest BCUT2D eigenvalue weighted by Gasteiger charge is 2.16. The van der Waals surface area contributed by atoms with Crippen LogP contribution < -0.4 is 20.7 Å². The van der Waals surface area contributed by atoms with E-state index in [2.05, 4.69) is 5.43 Å². The van der Waals surface area contributed by atoms with Gasteiger partial charge in [-0.05, 0) is 37.6 Å². The summed E-state index contributed by atoms with van der Waals surface area (Å²) in [7, 11) is 1.66. The minimum Gasteiger partial charge on any atom is -0.496 e. The highest BCUT2D eigenvalue weighted by Crippen LogP contribution is 2.31. The standard InChI is InChI=1S/C15H20N2O2S/c1-10(2)19-12-6-4-5-11(7-12)15(17-16)14-8-13(18-3)9-20-14/h4-10,15,17H,16H2,1-3H3. The SMILES string of the molecule is COc1csc(C(NN)c2cccc(OC(C)C)c2)c1. The van der Waals surface area contributed by atoms with Gasteiger partial charge in [-0.15, -0.1) is 11.3 Å². The second-order valence-corrected chi connectivity index (χ2v) is 5.67. The predicted octanol–water partition coefficient (Wildman–Crippen LogP) is 3.10. The van der Waals surface area contributed by atoms with Gasteiger partial charge in [0.05, 0.1) is 19.3 Å². The van der Waals surface area contributed by atoms with Crippen LogP contribution in [-0.4, -0.2) is 13.2 Å². The van der Waals surface area contributed by atoms with Crippen LogP contribution >= 0.6 is 11.3 Å². The first-order valence-corrected chi connectivity index (χ1v) is 7.37. The Morgan fingerprint density at radius 3 is 2.60 bits per heavy atom. The summed E-state index contributed by atoms with van der Waals surface area (Å²) in [5.41, 5.74) is 3.92. The molecule has 1 atom stereocenters. The molecule has 0 saturated heterocycles. The molecule has 0 spiro atoms. The lowest BCUT2D eigenvalue weighted by Crippen LogP contribution is -2.28. The Kier molecular flexibility index (Phi) is 5.00. The number of nitrogens with one attached hydrogen (secondary N) is 1. The number of methoxy groups -OCH3 is 1. The van der Waals surface area contributed by atoms with E-state index in [1.165, 1.54) is 0 Å². The number of ether oxygens (including phenoxy) is 2. The lowest BCUT2D eigenvalue weighted by molar-refractivity contribution is 0.242. The number of hydrogen-bond acceptors (Lipinski definition) is 5. The van der Waals surface area contributed by atoms with Crippen LogP contribution in [0.2, 0.25) is 0 Å². The minimum absolute atomic E-state index is 0.0698. The molecule has 2 rings (SSSR count). The highest BCUT2D eigenvalue weighted by atomic mass is 32.1. The second-order valence-electron chi connectivity index (χ2n) is 4.73. The fraction of sp³-hybridized carbons (Fsp3) is 0.333. The van der Waals surface area contributed by atoms with E-state index in [4.69, 9.17) is 15.3 Å². The Morgan fingerprint density at radius 2 is 2.00 bits per heavy atom. The van der Waals surface area contributed by atoms with Crippen LogP contribution in [0.15, 0.2) is 35.7 Å². The van der Waals surface area contributed by atoms with Gasteiger partial charge < -0.3 is 9.47 Å². The molecule has 0 amide bonds. The molecule has 1 heterocycles. The third-order valence-corrected chi connectivity index (χ3v) is 3.82. The van der Waals surface area contributed by atoms with Crippen LogP contribution in [0.4, 0.5) is 0 Å². The van der Waals surface area contributed by atoms with Crippen molar-refractivity contribution in [2.75, 3.05) is 7.11 Å². The van der Waals surface area contributed by atoms with Crippen LogP contribution in [0.25, 0.3) is 0 Å². The molecule has 3 N–H and O–H groups in total. The van der Waals surface area contributed by atoms with Gasteiger partial charge in [0.1, 0.15) is 11.5 Å². The van der Waals surface area contributed by atoms with Crippen molar-refractivity contribution >= 4 is 11.3 Å². The van der Waals surface area contributed by atoms with E-state index in [0.29, 0.717) is 0 Å². The third-order valence-electron chi connectivity index (χ3n) is 2.85. The lowest BCUT2D eigenvalue weighted by Gasteiger charge is -2.17. The zero-order valence-corrected chi connectivity index (χ0v) is 12.7. The van der Waals surface area contributed by atoms with Crippen LogP contribution in [0.5, 0.6) is 11.5 Å². The number of nitrogens with two attached hydrogens (primary N) is 1. The molecule has 0 bridgehead atoms. The van der Waals surface area contributed by atoms with Crippen LogP contribution in [-0.2, 0) is 0 Å². The summed E-state index contributed by atoms with van der Waals surface area (Å²) < 4.78 is 10.9. The Balaban J connectivity index is 2.26. The van der Waals surface area contributed by atoms with Crippen LogP contribution in [0.3, 0.4) is 0 Å². The van der Waals surface area contributed by atoms with Gasteiger partial charge in [-0.3, -0.25) is 5.84 Å². The molecule has 2 aromatic rings. The summed E-state index contributed by atoms with van der Waals surface area (Å²) >= 11 is 1.61. The number of rotatable bonds is 6. The Morgan fingerprint density at radius 1 is 1.20 bits per heavy atom. The van der Waals surface area contributed by atoms with Gasteiger partial charge >= 0.3 is 0 Å². The number of hydrogen-bond donors (Lipinski definition) is 2. The molecule has 1 aromatic carbocycles. The zero-order valence-electron chi connectivity index (χ0n) is 11.9. The first-order valence-electron chi connectivity index (χ1n) is 6.49. The molecule has 1 unspecified atom stereocenters. The van der Waals surface area contributed by atoms with Crippen molar-refractivity contribution in [1.82, 2.24) is 5.43 Å². The largest absolute Gasteiger partial charge is 0.496 e. The van der Waals surface area contributed by atoms with E-state index in [1.807, 2.05) is 49.6 Å². The van der Waals surface area contributed by atoms with Crippen molar-refractivity contribution in [2.24, 2.45) is 5.84 Å². The van der Waals surface area contributed by atoms with Crippen LogP contribution in [0, 0.1) is 0 Å². The maximum Gasteiger partial charge on any atom is 0.129 e. The first kappa shape index (κ1) is 14.8. The van der Waals surface area contributed by atoms with E-state index >= 15 is 0 Å². The fourth-order valence-electron chi connectivity index (χ4n) is 1.97. The minimum atomic E-state index is -0.0698. The predicted molar refractivity (Wildman–Crippen MR) is 82.2 cm³/mol. The van der Waals surface area contributed by atoms with Gasteiger partial charge in [0, 0.05) is 10.3 Å². The maximum absolute atomic E-state index is 5.72. The summed E-state index contributed by atoms with van der Waals surface area (Å²) in [6, 6.07) is 9.89. The van der Waals surface area contributed by atoms with Gasteiger partial charge in [-0.1, -0.05) is 12.1 Å². The maximum atomic E-state index is 5.72. The molecular weight excluding hydrogens is 272 g/mol. The Hall–Kier alpha value is -1.56. The average molecular weight is 292 g/mol.